The summed E-state index contributed by atoms with van der Waals surface area (Å²) in [5, 5.41) is 4.05. The zero-order chi connectivity index (χ0) is 14.7. The second-order valence-electron chi connectivity index (χ2n) is 5.01. The van der Waals surface area contributed by atoms with E-state index in [1.807, 2.05) is 6.92 Å². The molecule has 1 aliphatic rings. The summed E-state index contributed by atoms with van der Waals surface area (Å²) in [7, 11) is 0. The number of ether oxygens (including phenoxy) is 1. The van der Waals surface area contributed by atoms with E-state index >= 15 is 0 Å². The molecular formula is C14H17N5O2. The summed E-state index contributed by atoms with van der Waals surface area (Å²) in [5.74, 6) is 1.30. The largest absolute Gasteiger partial charge is 0.472 e. The van der Waals surface area contributed by atoms with Gasteiger partial charge in [0, 0.05) is 37.6 Å². The van der Waals surface area contributed by atoms with Crippen molar-refractivity contribution in [2.45, 2.75) is 26.0 Å². The molecule has 1 atom stereocenters. The van der Waals surface area contributed by atoms with Crippen molar-refractivity contribution < 1.29 is 9.53 Å². The fourth-order valence-corrected chi connectivity index (χ4v) is 2.35. The number of carbonyl (C=O) groups excluding carboxylic acids is 1. The molecule has 0 unspecified atom stereocenters. The van der Waals surface area contributed by atoms with Crippen molar-refractivity contribution in [3.63, 3.8) is 0 Å². The van der Waals surface area contributed by atoms with E-state index in [9.17, 15) is 4.79 Å². The first-order valence-corrected chi connectivity index (χ1v) is 6.92. The molecule has 0 aliphatic carbocycles. The number of hydrogen-bond donors (Lipinski definition) is 0. The van der Waals surface area contributed by atoms with Crippen molar-refractivity contribution in [1.82, 2.24) is 24.6 Å². The van der Waals surface area contributed by atoms with Gasteiger partial charge in [-0.15, -0.1) is 0 Å². The van der Waals surface area contributed by atoms with Crippen molar-refractivity contribution in [1.29, 1.82) is 0 Å². The Kier molecular flexibility index (Phi) is 3.81. The molecule has 0 aromatic carbocycles. The summed E-state index contributed by atoms with van der Waals surface area (Å²) >= 11 is 0. The number of aryl methyl sites for hydroxylation is 1. The molecule has 2 aromatic heterocycles. The van der Waals surface area contributed by atoms with E-state index in [0.29, 0.717) is 24.8 Å². The van der Waals surface area contributed by atoms with Gasteiger partial charge in [-0.25, -0.2) is 4.98 Å². The molecule has 1 aliphatic heterocycles. The average molecular weight is 287 g/mol. The number of hydrogen-bond acceptors (Lipinski definition) is 5. The van der Waals surface area contributed by atoms with Crippen LogP contribution < -0.4 is 4.74 Å². The molecule has 1 amide bonds. The highest BCUT2D eigenvalue weighted by Gasteiger charge is 2.28. The van der Waals surface area contributed by atoms with Gasteiger partial charge in [-0.1, -0.05) is 0 Å². The zero-order valence-electron chi connectivity index (χ0n) is 11.8. The van der Waals surface area contributed by atoms with Crippen LogP contribution in [0.3, 0.4) is 0 Å². The van der Waals surface area contributed by atoms with Gasteiger partial charge in [-0.3, -0.25) is 9.48 Å². The van der Waals surface area contributed by atoms with E-state index in [-0.39, 0.29) is 18.6 Å². The number of rotatable bonds is 4. The molecule has 1 fully saturated rings. The molecule has 1 saturated heterocycles. The molecule has 0 N–H and O–H groups in total. The highest BCUT2D eigenvalue weighted by atomic mass is 16.5. The minimum absolute atomic E-state index is 0.0131. The lowest BCUT2D eigenvalue weighted by molar-refractivity contribution is -0.131. The van der Waals surface area contributed by atoms with Crippen molar-refractivity contribution in [2.24, 2.45) is 0 Å². The number of nitrogens with zero attached hydrogens (tertiary/aromatic N) is 5. The number of carbonyl (C=O) groups is 1. The van der Waals surface area contributed by atoms with E-state index in [0.717, 1.165) is 6.42 Å². The van der Waals surface area contributed by atoms with Gasteiger partial charge in [0.2, 0.25) is 11.8 Å². The smallest absolute Gasteiger partial charge is 0.244 e. The summed E-state index contributed by atoms with van der Waals surface area (Å²) in [6, 6.07) is 3.54. The Bertz CT molecular complexity index is 614. The van der Waals surface area contributed by atoms with Crippen molar-refractivity contribution in [3.05, 3.63) is 36.5 Å². The molecule has 0 radical (unpaired) electrons. The predicted octanol–water partition coefficient (Wildman–Crippen LogP) is 0.661. The van der Waals surface area contributed by atoms with Gasteiger partial charge in [0.05, 0.1) is 6.54 Å². The molecule has 0 saturated carbocycles. The average Bonchev–Trinajstić information content (AvgIpc) is 3.10. The molecule has 0 spiro atoms. The summed E-state index contributed by atoms with van der Waals surface area (Å²) in [4.78, 5) is 22.2. The summed E-state index contributed by atoms with van der Waals surface area (Å²) in [5.41, 5.74) is 0. The third kappa shape index (κ3) is 3.36. The fourth-order valence-electron chi connectivity index (χ4n) is 2.35. The predicted molar refractivity (Wildman–Crippen MR) is 74.6 cm³/mol. The summed E-state index contributed by atoms with van der Waals surface area (Å²) < 4.78 is 7.43. The Labute approximate surface area is 122 Å². The molecular weight excluding hydrogens is 270 g/mol. The van der Waals surface area contributed by atoms with Crippen LogP contribution in [0.1, 0.15) is 12.2 Å². The number of amides is 1. The van der Waals surface area contributed by atoms with Crippen molar-refractivity contribution >= 4 is 5.91 Å². The van der Waals surface area contributed by atoms with E-state index in [4.69, 9.17) is 4.74 Å². The van der Waals surface area contributed by atoms with Crippen LogP contribution >= 0.6 is 0 Å². The Morgan fingerprint density at radius 2 is 2.38 bits per heavy atom. The lowest BCUT2D eigenvalue weighted by Crippen LogP contribution is -2.33. The van der Waals surface area contributed by atoms with Gasteiger partial charge in [0.25, 0.3) is 0 Å². The molecule has 3 rings (SSSR count). The van der Waals surface area contributed by atoms with Crippen molar-refractivity contribution in [3.8, 4) is 5.88 Å². The Balaban J connectivity index is 1.54. The van der Waals surface area contributed by atoms with Gasteiger partial charge < -0.3 is 9.64 Å². The fraction of sp³-hybridized carbons (Fsp3) is 0.429. The normalized spacial score (nSPS) is 18.0. The van der Waals surface area contributed by atoms with Gasteiger partial charge in [-0.05, 0) is 13.0 Å². The Morgan fingerprint density at radius 3 is 3.14 bits per heavy atom. The third-order valence-corrected chi connectivity index (χ3v) is 3.39. The van der Waals surface area contributed by atoms with E-state index in [2.05, 4.69) is 15.1 Å². The standard InChI is InChI=1S/C14H17N5O2/c1-11-15-6-3-13(17-11)21-12-4-8-18(9-12)14(20)10-19-7-2-5-16-19/h2-3,5-7,12H,4,8-10H2,1H3/t12-/m0/s1. The molecule has 21 heavy (non-hydrogen) atoms. The highest BCUT2D eigenvalue weighted by molar-refractivity contribution is 5.76. The minimum atomic E-state index is -0.0131. The Hall–Kier alpha value is -2.44. The molecule has 7 heteroatoms. The van der Waals surface area contributed by atoms with Gasteiger partial charge in [0.15, 0.2) is 0 Å². The lowest BCUT2D eigenvalue weighted by Gasteiger charge is -2.17. The molecule has 2 aromatic rings. The molecule has 0 bridgehead atoms. The maximum atomic E-state index is 12.1. The van der Waals surface area contributed by atoms with Crippen LogP contribution in [0.4, 0.5) is 0 Å². The first-order chi connectivity index (χ1) is 10.2. The van der Waals surface area contributed by atoms with Crippen LogP contribution in [0.5, 0.6) is 5.88 Å². The SMILES string of the molecule is Cc1nccc(O[C@H]2CCN(C(=O)Cn3cccn3)C2)n1. The van der Waals surface area contributed by atoms with Crippen LogP contribution in [0.2, 0.25) is 0 Å². The van der Waals surface area contributed by atoms with Crippen LogP contribution in [-0.4, -0.2) is 49.7 Å². The first kappa shape index (κ1) is 13.5. The number of aromatic nitrogens is 4. The molecule has 3 heterocycles. The summed E-state index contributed by atoms with van der Waals surface area (Å²) in [6.45, 7) is 3.38. The summed E-state index contributed by atoms with van der Waals surface area (Å²) in [6.07, 6.45) is 5.92. The van der Waals surface area contributed by atoms with Gasteiger partial charge in [-0.2, -0.15) is 10.1 Å². The van der Waals surface area contributed by atoms with Crippen LogP contribution in [-0.2, 0) is 11.3 Å². The van der Waals surface area contributed by atoms with Crippen LogP contribution in [0, 0.1) is 6.92 Å². The maximum absolute atomic E-state index is 12.1. The van der Waals surface area contributed by atoms with Crippen molar-refractivity contribution in [2.75, 3.05) is 13.1 Å². The topological polar surface area (TPSA) is 73.1 Å². The lowest BCUT2D eigenvalue weighted by atomic mass is 10.3. The van der Waals surface area contributed by atoms with E-state index < -0.39 is 0 Å². The van der Waals surface area contributed by atoms with E-state index in [1.165, 1.54) is 0 Å². The molecule has 110 valence electrons. The maximum Gasteiger partial charge on any atom is 0.244 e. The highest BCUT2D eigenvalue weighted by Crippen LogP contribution is 2.16. The minimum Gasteiger partial charge on any atom is -0.472 e. The van der Waals surface area contributed by atoms with Gasteiger partial charge in [0.1, 0.15) is 18.5 Å². The zero-order valence-corrected chi connectivity index (χ0v) is 11.8. The van der Waals surface area contributed by atoms with E-state index in [1.54, 1.807) is 40.3 Å². The first-order valence-electron chi connectivity index (χ1n) is 6.92. The van der Waals surface area contributed by atoms with Crippen LogP contribution in [0.15, 0.2) is 30.7 Å². The second kappa shape index (κ2) is 5.90. The third-order valence-electron chi connectivity index (χ3n) is 3.39. The second-order valence-corrected chi connectivity index (χ2v) is 5.01. The monoisotopic (exact) mass is 287 g/mol. The quantitative estimate of drug-likeness (QED) is 0.826. The Morgan fingerprint density at radius 1 is 1.48 bits per heavy atom. The molecule has 7 nitrogen and oxygen atoms in total. The van der Waals surface area contributed by atoms with Crippen LogP contribution in [0.25, 0.3) is 0 Å². The van der Waals surface area contributed by atoms with Gasteiger partial charge >= 0.3 is 0 Å². The number of likely N-dealkylation sites (tertiary alicyclic amines) is 1.